The molecule has 32 heavy (non-hydrogen) atoms. The number of nitriles is 1. The molecule has 164 valence electrons. The van der Waals surface area contributed by atoms with Crippen LogP contribution < -0.4 is 5.32 Å². The van der Waals surface area contributed by atoms with Crippen LogP contribution in [0.15, 0.2) is 36.5 Å². The number of benzene rings is 1. The van der Waals surface area contributed by atoms with Crippen LogP contribution in [0.4, 0.5) is 10.3 Å². The molecule has 0 amide bonds. The van der Waals surface area contributed by atoms with Gasteiger partial charge >= 0.3 is 5.97 Å². The number of hydrogen-bond acceptors (Lipinski definition) is 8. The molecular formula is C21H19FN6O4. The Labute approximate surface area is 182 Å². The molecule has 1 aromatic carbocycles. The van der Waals surface area contributed by atoms with Crippen molar-refractivity contribution in [3.8, 4) is 28.7 Å². The van der Waals surface area contributed by atoms with Crippen LogP contribution in [0.2, 0.25) is 0 Å². The zero-order valence-electron chi connectivity index (χ0n) is 17.0. The van der Waals surface area contributed by atoms with Crippen molar-refractivity contribution >= 4 is 11.9 Å². The topological polar surface area (TPSA) is 146 Å². The van der Waals surface area contributed by atoms with Crippen molar-refractivity contribution in [3.63, 3.8) is 0 Å². The zero-order valence-corrected chi connectivity index (χ0v) is 17.0. The molecule has 1 saturated heterocycles. The summed E-state index contributed by atoms with van der Waals surface area (Å²) in [6, 6.07) is 9.42. The fourth-order valence-corrected chi connectivity index (χ4v) is 3.10. The molecule has 0 radical (unpaired) electrons. The number of carbonyl (C=O) groups is 1. The number of H-pyrrole nitrogens is 1. The van der Waals surface area contributed by atoms with Crippen LogP contribution in [0.5, 0.6) is 0 Å². The highest BCUT2D eigenvalue weighted by Crippen LogP contribution is 2.35. The monoisotopic (exact) mass is 438 g/mol. The van der Waals surface area contributed by atoms with Gasteiger partial charge in [0.15, 0.2) is 5.82 Å². The lowest BCUT2D eigenvalue weighted by molar-refractivity contribution is -0.236. The summed E-state index contributed by atoms with van der Waals surface area (Å²) in [7, 11) is 0. The molecule has 1 fully saturated rings. The molecule has 10 nitrogen and oxygen atoms in total. The van der Waals surface area contributed by atoms with Gasteiger partial charge in [-0.15, -0.1) is 0 Å². The van der Waals surface area contributed by atoms with E-state index in [1.807, 2.05) is 6.07 Å². The first-order chi connectivity index (χ1) is 15.4. The minimum absolute atomic E-state index is 0.0363. The summed E-state index contributed by atoms with van der Waals surface area (Å²) in [6.07, 6.45) is 0.622. The molecule has 0 aliphatic carbocycles. The Balaban J connectivity index is 1.71. The maximum atomic E-state index is 13.5. The van der Waals surface area contributed by atoms with Gasteiger partial charge in [-0.3, -0.25) is 4.79 Å². The smallest absolute Gasteiger partial charge is 0.314 e. The van der Waals surface area contributed by atoms with E-state index >= 15 is 0 Å². The van der Waals surface area contributed by atoms with Gasteiger partial charge in [0, 0.05) is 11.8 Å². The van der Waals surface area contributed by atoms with Crippen molar-refractivity contribution in [1.29, 1.82) is 5.26 Å². The molecule has 3 aromatic rings. The number of nitrogens with zero attached hydrogens (tertiary/aromatic N) is 4. The molecule has 0 atom stereocenters. The van der Waals surface area contributed by atoms with Gasteiger partial charge in [-0.25, -0.2) is 19.3 Å². The molecule has 4 rings (SSSR count). The van der Waals surface area contributed by atoms with Crippen molar-refractivity contribution in [2.75, 3.05) is 25.1 Å². The number of aliphatic carboxylic acids is 1. The minimum atomic E-state index is -1.15. The SMILES string of the molecule is CC1(C(=O)O)COC(c2nc(-c3ccc(F)cc3)c(-c3ccnc(NCC#N)n3)[nH]2)OC1. The molecule has 11 heteroatoms. The van der Waals surface area contributed by atoms with E-state index in [2.05, 4.69) is 25.3 Å². The van der Waals surface area contributed by atoms with E-state index in [0.717, 1.165) is 0 Å². The summed E-state index contributed by atoms with van der Waals surface area (Å²) in [5.74, 6) is -0.825. The van der Waals surface area contributed by atoms with E-state index < -0.39 is 17.7 Å². The highest BCUT2D eigenvalue weighted by atomic mass is 19.1. The van der Waals surface area contributed by atoms with Crippen LogP contribution >= 0.6 is 0 Å². The minimum Gasteiger partial charge on any atom is -0.481 e. The fourth-order valence-electron chi connectivity index (χ4n) is 3.10. The van der Waals surface area contributed by atoms with Gasteiger partial charge in [-0.05, 0) is 37.3 Å². The Morgan fingerprint density at radius 3 is 2.69 bits per heavy atom. The summed E-state index contributed by atoms with van der Waals surface area (Å²) < 4.78 is 24.7. The molecule has 0 bridgehead atoms. The lowest BCUT2D eigenvalue weighted by atomic mass is 9.92. The van der Waals surface area contributed by atoms with Gasteiger partial charge in [0.1, 0.15) is 17.8 Å². The molecule has 0 unspecified atom stereocenters. The molecular weight excluding hydrogens is 419 g/mol. The Kier molecular flexibility index (Phi) is 5.81. The average molecular weight is 438 g/mol. The fraction of sp³-hybridized carbons (Fsp3) is 0.286. The number of imidazole rings is 1. The average Bonchev–Trinajstić information content (AvgIpc) is 3.24. The van der Waals surface area contributed by atoms with Crippen LogP contribution in [-0.4, -0.2) is 50.8 Å². The molecule has 2 aromatic heterocycles. The van der Waals surface area contributed by atoms with Crippen molar-refractivity contribution in [2.45, 2.75) is 13.2 Å². The van der Waals surface area contributed by atoms with Crippen LogP contribution in [0.25, 0.3) is 22.6 Å². The first-order valence-electron chi connectivity index (χ1n) is 9.66. The maximum absolute atomic E-state index is 13.5. The summed E-state index contributed by atoms with van der Waals surface area (Å²) in [5, 5.41) is 20.9. The second kappa shape index (κ2) is 8.70. The molecule has 3 heterocycles. The lowest BCUT2D eigenvalue weighted by Gasteiger charge is -2.33. The predicted octanol–water partition coefficient (Wildman–Crippen LogP) is 2.74. The van der Waals surface area contributed by atoms with Gasteiger partial charge in [-0.2, -0.15) is 5.26 Å². The predicted molar refractivity (Wildman–Crippen MR) is 109 cm³/mol. The van der Waals surface area contributed by atoms with Crippen molar-refractivity contribution < 1.29 is 23.8 Å². The number of hydrogen-bond donors (Lipinski definition) is 3. The number of carboxylic acid groups (broad SMARTS) is 1. The maximum Gasteiger partial charge on any atom is 0.314 e. The van der Waals surface area contributed by atoms with Crippen molar-refractivity contribution in [1.82, 2.24) is 19.9 Å². The highest BCUT2D eigenvalue weighted by Gasteiger charge is 2.41. The van der Waals surface area contributed by atoms with E-state index in [9.17, 15) is 14.3 Å². The van der Waals surface area contributed by atoms with Crippen LogP contribution in [0.1, 0.15) is 19.0 Å². The third-order valence-electron chi connectivity index (χ3n) is 4.92. The Morgan fingerprint density at radius 2 is 2.03 bits per heavy atom. The molecule has 1 aliphatic heterocycles. The quantitative estimate of drug-likeness (QED) is 0.494. The van der Waals surface area contributed by atoms with E-state index in [1.165, 1.54) is 18.3 Å². The first kappa shape index (κ1) is 21.4. The van der Waals surface area contributed by atoms with Crippen LogP contribution in [-0.2, 0) is 14.3 Å². The highest BCUT2D eigenvalue weighted by molar-refractivity contribution is 5.77. The van der Waals surface area contributed by atoms with Gasteiger partial charge in [0.25, 0.3) is 0 Å². The molecule has 0 spiro atoms. The lowest BCUT2D eigenvalue weighted by Crippen LogP contribution is -2.42. The van der Waals surface area contributed by atoms with E-state index in [-0.39, 0.29) is 31.5 Å². The number of ether oxygens (including phenoxy) is 2. The van der Waals surface area contributed by atoms with Gasteiger partial charge < -0.3 is 24.9 Å². The van der Waals surface area contributed by atoms with Crippen LogP contribution in [0.3, 0.4) is 0 Å². The van der Waals surface area contributed by atoms with E-state index in [4.69, 9.17) is 14.7 Å². The van der Waals surface area contributed by atoms with Crippen molar-refractivity contribution in [3.05, 3.63) is 48.2 Å². The van der Waals surface area contributed by atoms with Crippen molar-refractivity contribution in [2.24, 2.45) is 5.41 Å². The molecule has 1 aliphatic rings. The number of aromatic nitrogens is 4. The summed E-state index contributed by atoms with van der Waals surface area (Å²) in [4.78, 5) is 27.6. The molecule has 0 saturated carbocycles. The first-order valence-corrected chi connectivity index (χ1v) is 9.66. The Hall–Kier alpha value is -3.88. The Morgan fingerprint density at radius 1 is 1.31 bits per heavy atom. The van der Waals surface area contributed by atoms with Gasteiger partial charge in [0.2, 0.25) is 12.2 Å². The Bertz CT molecular complexity index is 1170. The molecule has 3 N–H and O–H groups in total. The normalized spacial score (nSPS) is 20.5. The van der Waals surface area contributed by atoms with Gasteiger partial charge in [0.05, 0.1) is 36.4 Å². The number of anilines is 1. The summed E-state index contributed by atoms with van der Waals surface area (Å²) in [5.41, 5.74) is 0.932. The third kappa shape index (κ3) is 4.27. The van der Waals surface area contributed by atoms with E-state index in [0.29, 0.717) is 28.5 Å². The standard InChI is InChI=1S/C21H19FN6O4/c1-21(19(29)30)10-31-18(32-11-21)17-27-15(12-2-4-13(22)5-3-12)16(28-17)14-6-8-24-20(26-14)25-9-7-23/h2-6,8,18H,9-11H2,1H3,(H,27,28)(H,29,30)(H,24,25,26). The number of nitrogens with one attached hydrogen (secondary N) is 2. The number of halogens is 1. The van der Waals surface area contributed by atoms with Crippen LogP contribution in [0, 0.1) is 22.6 Å². The number of carboxylic acids is 1. The summed E-state index contributed by atoms with van der Waals surface area (Å²) in [6.45, 7) is 1.48. The second-order valence-corrected chi connectivity index (χ2v) is 7.45. The second-order valence-electron chi connectivity index (χ2n) is 7.45. The van der Waals surface area contributed by atoms with Gasteiger partial charge in [-0.1, -0.05) is 0 Å². The van der Waals surface area contributed by atoms with E-state index in [1.54, 1.807) is 25.1 Å². The number of rotatable bonds is 6. The number of aromatic amines is 1. The third-order valence-corrected chi connectivity index (χ3v) is 4.92. The summed E-state index contributed by atoms with van der Waals surface area (Å²) >= 11 is 0. The zero-order chi connectivity index (χ0) is 22.7. The largest absolute Gasteiger partial charge is 0.481 e.